The van der Waals surface area contributed by atoms with Crippen molar-refractivity contribution in [2.24, 2.45) is 0 Å². The van der Waals surface area contributed by atoms with Crippen LogP contribution < -0.4 is 4.72 Å². The number of amides is 1. The molecule has 0 fully saturated rings. The first kappa shape index (κ1) is 15.2. The summed E-state index contributed by atoms with van der Waals surface area (Å²) < 4.78 is 25.5. The van der Waals surface area contributed by atoms with Gasteiger partial charge in [0.1, 0.15) is 0 Å². The maximum absolute atomic E-state index is 11.4. The zero-order valence-electron chi connectivity index (χ0n) is 11.7. The lowest BCUT2D eigenvalue weighted by Crippen LogP contribution is -2.29. The van der Waals surface area contributed by atoms with E-state index >= 15 is 0 Å². The Morgan fingerprint density at radius 2 is 1.95 bits per heavy atom. The van der Waals surface area contributed by atoms with Gasteiger partial charge in [0.25, 0.3) is 0 Å². The van der Waals surface area contributed by atoms with Crippen molar-refractivity contribution in [2.75, 3.05) is 6.26 Å². The summed E-state index contributed by atoms with van der Waals surface area (Å²) in [7, 11) is -3.47. The molecule has 0 atom stereocenters. The third kappa shape index (κ3) is 5.03. The van der Waals surface area contributed by atoms with E-state index in [0.717, 1.165) is 17.4 Å². The number of nitrogens with one attached hydrogen (secondary N) is 1. The molecule has 1 aromatic heterocycles. The smallest absolute Gasteiger partial charge is 0.233 e. The average Bonchev–Trinajstić information content (AvgIpc) is 2.86. The van der Waals surface area contributed by atoms with Crippen LogP contribution in [0.25, 0.3) is 11.1 Å². The van der Waals surface area contributed by atoms with Crippen molar-refractivity contribution in [3.8, 4) is 11.1 Å². The number of carbonyl (C=O) groups excluding carboxylic acids is 1. The highest BCUT2D eigenvalue weighted by molar-refractivity contribution is 7.89. The molecule has 0 saturated heterocycles. The summed E-state index contributed by atoms with van der Waals surface area (Å²) >= 11 is 0. The first-order valence-corrected chi connectivity index (χ1v) is 8.42. The Morgan fingerprint density at radius 3 is 2.62 bits per heavy atom. The van der Waals surface area contributed by atoms with Crippen LogP contribution in [0.5, 0.6) is 0 Å². The monoisotopic (exact) mass is 307 g/mol. The first-order valence-electron chi connectivity index (χ1n) is 6.52. The van der Waals surface area contributed by atoms with Crippen molar-refractivity contribution in [2.45, 2.75) is 19.4 Å². The van der Waals surface area contributed by atoms with Gasteiger partial charge in [-0.15, -0.1) is 0 Å². The third-order valence-electron chi connectivity index (χ3n) is 2.83. The summed E-state index contributed by atoms with van der Waals surface area (Å²) in [4.78, 5) is 11.4. The first-order chi connectivity index (χ1) is 9.94. The van der Waals surface area contributed by atoms with E-state index in [1.165, 1.54) is 0 Å². The lowest BCUT2D eigenvalue weighted by Gasteiger charge is -2.03. The van der Waals surface area contributed by atoms with E-state index in [2.05, 4.69) is 5.10 Å². The number of carbonyl (C=O) groups is 1. The molecule has 1 amide bonds. The Morgan fingerprint density at radius 1 is 1.24 bits per heavy atom. The maximum atomic E-state index is 11.4. The van der Waals surface area contributed by atoms with Crippen molar-refractivity contribution >= 4 is 15.9 Å². The molecule has 112 valence electrons. The van der Waals surface area contributed by atoms with Crippen molar-refractivity contribution in [1.82, 2.24) is 14.5 Å². The number of rotatable bonds is 6. The van der Waals surface area contributed by atoms with Gasteiger partial charge in [-0.25, -0.2) is 8.42 Å². The summed E-state index contributed by atoms with van der Waals surface area (Å²) in [5.41, 5.74) is 2.09. The van der Waals surface area contributed by atoms with E-state index in [1.807, 2.05) is 41.3 Å². The Bertz CT molecular complexity index is 708. The third-order valence-corrected chi connectivity index (χ3v) is 3.43. The summed E-state index contributed by atoms with van der Waals surface area (Å²) in [5, 5.41) is 4.23. The van der Waals surface area contributed by atoms with E-state index in [9.17, 15) is 13.2 Å². The van der Waals surface area contributed by atoms with Crippen LogP contribution in [0.2, 0.25) is 0 Å². The van der Waals surface area contributed by atoms with Crippen molar-refractivity contribution in [3.05, 3.63) is 42.7 Å². The highest BCUT2D eigenvalue weighted by Crippen LogP contribution is 2.17. The molecule has 0 radical (unpaired) electrons. The summed E-state index contributed by atoms with van der Waals surface area (Å²) in [6.07, 6.45) is 5.31. The normalized spacial score (nSPS) is 11.3. The van der Waals surface area contributed by atoms with Gasteiger partial charge in [0.2, 0.25) is 15.9 Å². The minimum Gasteiger partial charge on any atom is -0.274 e. The van der Waals surface area contributed by atoms with E-state index < -0.39 is 15.9 Å². The standard InChI is InChI=1S/C14H17N3O3S/c1-21(19,20)16-14(18)8-5-9-17-11-13(10-15-17)12-6-3-2-4-7-12/h2-4,6-7,10-11H,5,8-9H2,1H3,(H,16,18). The molecule has 1 aromatic carbocycles. The zero-order chi connectivity index (χ0) is 15.3. The van der Waals surface area contributed by atoms with Crippen LogP contribution in [0.3, 0.4) is 0 Å². The topological polar surface area (TPSA) is 81.1 Å². The van der Waals surface area contributed by atoms with Gasteiger partial charge in [0.15, 0.2) is 0 Å². The minimum atomic E-state index is -3.47. The Labute approximate surface area is 123 Å². The number of benzene rings is 1. The molecule has 21 heavy (non-hydrogen) atoms. The van der Waals surface area contributed by atoms with Crippen LogP contribution in [0, 0.1) is 0 Å². The largest absolute Gasteiger partial charge is 0.274 e. The Hall–Kier alpha value is -2.15. The second-order valence-electron chi connectivity index (χ2n) is 4.76. The highest BCUT2D eigenvalue weighted by atomic mass is 32.2. The van der Waals surface area contributed by atoms with Gasteiger partial charge in [-0.1, -0.05) is 30.3 Å². The zero-order valence-corrected chi connectivity index (χ0v) is 12.5. The SMILES string of the molecule is CS(=O)(=O)NC(=O)CCCn1cc(-c2ccccc2)cn1. The summed E-state index contributed by atoms with van der Waals surface area (Å²) in [5.74, 6) is -0.493. The molecule has 2 rings (SSSR count). The van der Waals surface area contributed by atoms with Crippen LogP contribution >= 0.6 is 0 Å². The molecule has 0 aliphatic rings. The second kappa shape index (κ2) is 6.53. The molecule has 0 aliphatic heterocycles. The van der Waals surface area contributed by atoms with E-state index in [4.69, 9.17) is 0 Å². The quantitative estimate of drug-likeness (QED) is 0.875. The molecule has 0 unspecified atom stereocenters. The van der Waals surface area contributed by atoms with Crippen molar-refractivity contribution < 1.29 is 13.2 Å². The van der Waals surface area contributed by atoms with Crippen LogP contribution in [0.15, 0.2) is 42.7 Å². The van der Waals surface area contributed by atoms with Gasteiger partial charge >= 0.3 is 0 Å². The lowest BCUT2D eigenvalue weighted by molar-refractivity contribution is -0.119. The fraction of sp³-hybridized carbons (Fsp3) is 0.286. The van der Waals surface area contributed by atoms with Gasteiger partial charge < -0.3 is 0 Å². The molecular formula is C14H17N3O3S. The summed E-state index contributed by atoms with van der Waals surface area (Å²) in [6, 6.07) is 9.88. The van der Waals surface area contributed by atoms with Gasteiger partial charge in [0.05, 0.1) is 12.5 Å². The molecule has 2 aromatic rings. The summed E-state index contributed by atoms with van der Waals surface area (Å²) in [6.45, 7) is 0.560. The molecule has 0 saturated carbocycles. The van der Waals surface area contributed by atoms with E-state index in [1.54, 1.807) is 10.9 Å². The number of sulfonamides is 1. The predicted molar refractivity (Wildman–Crippen MR) is 79.9 cm³/mol. The molecule has 7 heteroatoms. The highest BCUT2D eigenvalue weighted by Gasteiger charge is 2.08. The van der Waals surface area contributed by atoms with Gasteiger partial charge in [-0.05, 0) is 12.0 Å². The number of hydrogen-bond donors (Lipinski definition) is 1. The van der Waals surface area contributed by atoms with E-state index in [0.29, 0.717) is 13.0 Å². The number of hydrogen-bond acceptors (Lipinski definition) is 4. The second-order valence-corrected chi connectivity index (χ2v) is 6.51. The molecule has 1 heterocycles. The molecule has 6 nitrogen and oxygen atoms in total. The molecule has 0 aliphatic carbocycles. The van der Waals surface area contributed by atoms with Crippen molar-refractivity contribution in [1.29, 1.82) is 0 Å². The minimum absolute atomic E-state index is 0.146. The van der Waals surface area contributed by atoms with Crippen LogP contribution in [-0.2, 0) is 21.4 Å². The number of aryl methyl sites for hydroxylation is 1. The fourth-order valence-corrected chi connectivity index (χ4v) is 2.44. The van der Waals surface area contributed by atoms with Crippen molar-refractivity contribution in [3.63, 3.8) is 0 Å². The van der Waals surface area contributed by atoms with Crippen LogP contribution in [0.1, 0.15) is 12.8 Å². The molecule has 0 spiro atoms. The molecule has 0 bridgehead atoms. The Balaban J connectivity index is 1.85. The van der Waals surface area contributed by atoms with Gasteiger partial charge in [-0.2, -0.15) is 5.10 Å². The predicted octanol–water partition coefficient (Wildman–Crippen LogP) is 1.41. The average molecular weight is 307 g/mol. The maximum Gasteiger partial charge on any atom is 0.233 e. The van der Waals surface area contributed by atoms with Gasteiger partial charge in [-0.3, -0.25) is 14.2 Å². The van der Waals surface area contributed by atoms with E-state index in [-0.39, 0.29) is 6.42 Å². The molecule has 1 N–H and O–H groups in total. The number of nitrogens with zero attached hydrogens (tertiary/aromatic N) is 2. The van der Waals surface area contributed by atoms with Crippen LogP contribution in [-0.4, -0.2) is 30.4 Å². The molecular weight excluding hydrogens is 290 g/mol. The lowest BCUT2D eigenvalue weighted by atomic mass is 10.1. The van der Waals surface area contributed by atoms with Crippen LogP contribution in [0.4, 0.5) is 0 Å². The van der Waals surface area contributed by atoms with Gasteiger partial charge in [0, 0.05) is 24.7 Å². The fourth-order valence-electron chi connectivity index (χ4n) is 1.92. The Kier molecular flexibility index (Phi) is 4.74. The number of aromatic nitrogens is 2.